The van der Waals surface area contributed by atoms with E-state index in [2.05, 4.69) is 9.97 Å². The minimum absolute atomic E-state index is 0.0940. The third kappa shape index (κ3) is 2.54. The Morgan fingerprint density at radius 1 is 1.29 bits per heavy atom. The fourth-order valence-electron chi connectivity index (χ4n) is 4.43. The minimum Gasteiger partial charge on any atom is -0.474 e. The molecule has 3 fully saturated rings. The van der Waals surface area contributed by atoms with Crippen LogP contribution in [0, 0.1) is 17.1 Å². The molecular weight excluding hydrogens is 363 g/mol. The molecule has 2 atom stereocenters. The number of amides is 1. The van der Waals surface area contributed by atoms with Crippen molar-refractivity contribution in [2.24, 2.45) is 0 Å². The van der Waals surface area contributed by atoms with E-state index in [0.717, 1.165) is 0 Å². The molecule has 7 nitrogen and oxygen atoms in total. The largest absolute Gasteiger partial charge is 0.474 e. The van der Waals surface area contributed by atoms with Crippen molar-refractivity contribution in [1.82, 2.24) is 14.9 Å². The normalized spacial score (nSPS) is 30.8. The van der Waals surface area contributed by atoms with Crippen LogP contribution in [0.25, 0.3) is 0 Å². The Hall–Kier alpha value is -3.05. The summed E-state index contributed by atoms with van der Waals surface area (Å²) in [6.45, 7) is 0. The van der Waals surface area contributed by atoms with Crippen molar-refractivity contribution in [3.05, 3.63) is 53.7 Å². The average Bonchev–Trinajstić information content (AvgIpc) is 3.20. The molecule has 1 saturated carbocycles. The van der Waals surface area contributed by atoms with Crippen LogP contribution in [-0.4, -0.2) is 38.7 Å². The molecule has 142 valence electrons. The number of hydrogen-bond donors (Lipinski definition) is 0. The summed E-state index contributed by atoms with van der Waals surface area (Å²) in [6.07, 6.45) is 2.93. The number of fused-ring (bicyclic) bond motifs is 1. The highest BCUT2D eigenvalue weighted by Gasteiger charge is 2.63. The molecule has 1 aliphatic carbocycles. The third-order valence-corrected chi connectivity index (χ3v) is 5.74. The molecule has 1 amide bonds. The van der Waals surface area contributed by atoms with Crippen LogP contribution in [0.2, 0.25) is 0 Å². The van der Waals surface area contributed by atoms with Crippen molar-refractivity contribution in [1.29, 1.82) is 5.26 Å². The molecule has 28 heavy (non-hydrogen) atoms. The molecule has 5 rings (SSSR count). The van der Waals surface area contributed by atoms with Crippen molar-refractivity contribution in [3.63, 3.8) is 0 Å². The molecule has 0 radical (unpaired) electrons. The highest BCUT2D eigenvalue weighted by molar-refractivity contribution is 5.89. The molecule has 2 aliphatic heterocycles. The molecule has 8 heteroatoms. The van der Waals surface area contributed by atoms with E-state index in [1.54, 1.807) is 23.1 Å². The van der Waals surface area contributed by atoms with Crippen LogP contribution in [0.1, 0.15) is 43.0 Å². The highest BCUT2D eigenvalue weighted by Crippen LogP contribution is 2.52. The monoisotopic (exact) mass is 380 g/mol. The lowest BCUT2D eigenvalue weighted by Crippen LogP contribution is -2.56. The predicted molar refractivity (Wildman–Crippen MR) is 93.2 cm³/mol. The van der Waals surface area contributed by atoms with E-state index < -0.39 is 5.60 Å². The van der Waals surface area contributed by atoms with Crippen molar-refractivity contribution in [2.45, 2.75) is 49.7 Å². The van der Waals surface area contributed by atoms with Gasteiger partial charge >= 0.3 is 0 Å². The topological polar surface area (TPSA) is 88.3 Å². The second kappa shape index (κ2) is 6.24. The first-order chi connectivity index (χ1) is 13.6. The van der Waals surface area contributed by atoms with E-state index >= 15 is 0 Å². The summed E-state index contributed by atoms with van der Waals surface area (Å²) < 4.78 is 26.1. The molecule has 1 aromatic carbocycles. The maximum absolute atomic E-state index is 14.2. The number of nitriles is 1. The molecule has 3 aliphatic rings. The van der Waals surface area contributed by atoms with E-state index in [4.69, 9.17) is 14.7 Å². The summed E-state index contributed by atoms with van der Waals surface area (Å²) in [7, 11) is 0. The minimum atomic E-state index is -0.898. The fourth-order valence-corrected chi connectivity index (χ4v) is 4.43. The van der Waals surface area contributed by atoms with Crippen LogP contribution in [0.15, 0.2) is 36.7 Å². The van der Waals surface area contributed by atoms with Crippen LogP contribution in [0.3, 0.4) is 0 Å². The van der Waals surface area contributed by atoms with Crippen LogP contribution >= 0.6 is 0 Å². The number of rotatable bonds is 3. The summed E-state index contributed by atoms with van der Waals surface area (Å²) in [5, 5.41) is 8.91. The van der Waals surface area contributed by atoms with E-state index in [0.29, 0.717) is 37.1 Å². The van der Waals surface area contributed by atoms with Gasteiger partial charge in [0.15, 0.2) is 5.60 Å². The summed E-state index contributed by atoms with van der Waals surface area (Å²) in [5.41, 5.74) is -0.138. The third-order valence-electron chi connectivity index (χ3n) is 5.74. The Balaban J connectivity index is 1.30. The number of nitrogens with zero attached hydrogens (tertiary/aromatic N) is 4. The highest BCUT2D eigenvalue weighted by atomic mass is 19.1. The van der Waals surface area contributed by atoms with Crippen molar-refractivity contribution in [2.75, 3.05) is 0 Å². The quantitative estimate of drug-likeness (QED) is 0.813. The van der Waals surface area contributed by atoms with Gasteiger partial charge in [-0.15, -0.1) is 0 Å². The predicted octanol–water partition coefficient (Wildman–Crippen LogP) is 2.49. The van der Waals surface area contributed by atoms with E-state index in [-0.39, 0.29) is 35.8 Å². The van der Waals surface area contributed by atoms with Gasteiger partial charge in [-0.1, -0.05) is 18.2 Å². The summed E-state index contributed by atoms with van der Waals surface area (Å²) in [6, 6.07) is 9.69. The first kappa shape index (κ1) is 17.1. The lowest BCUT2D eigenvalue weighted by molar-refractivity contribution is -0.162. The summed E-state index contributed by atoms with van der Waals surface area (Å²) >= 11 is 0. The number of carbonyl (C=O) groups excluding carboxylic acids is 1. The molecule has 1 aromatic heterocycles. The molecule has 0 unspecified atom stereocenters. The van der Waals surface area contributed by atoms with Gasteiger partial charge in [-0.2, -0.15) is 5.26 Å². The lowest BCUT2D eigenvalue weighted by Gasteiger charge is -2.41. The van der Waals surface area contributed by atoms with Crippen molar-refractivity contribution >= 4 is 5.91 Å². The Labute approximate surface area is 160 Å². The molecule has 2 aromatic rings. The van der Waals surface area contributed by atoms with Gasteiger partial charge < -0.3 is 14.4 Å². The maximum atomic E-state index is 14.2. The standard InChI is InChI=1S/C20H17FN4O3/c21-15-4-2-1-3-14(15)16-5-6-18-25(16)19(26)20(28-18)8-13(9-20)27-17-7-12(10-22)23-11-24-17/h1-4,7,11,13,16,18H,5-6,8-9H2/t13?,16-,18+,20?/m0/s1. The number of benzene rings is 1. The molecular formula is C20H17FN4O3. The Bertz CT molecular complexity index is 985. The van der Waals surface area contributed by atoms with Gasteiger partial charge in [0.25, 0.3) is 5.91 Å². The van der Waals surface area contributed by atoms with Gasteiger partial charge in [0.2, 0.25) is 5.88 Å². The summed E-state index contributed by atoms with van der Waals surface area (Å²) in [4.78, 5) is 22.6. The molecule has 2 saturated heterocycles. The first-order valence-electron chi connectivity index (χ1n) is 9.23. The summed E-state index contributed by atoms with van der Waals surface area (Å²) in [5.74, 6) is -0.0844. The number of aromatic nitrogens is 2. The number of hydrogen-bond acceptors (Lipinski definition) is 6. The Morgan fingerprint density at radius 3 is 2.89 bits per heavy atom. The van der Waals surface area contributed by atoms with E-state index in [9.17, 15) is 9.18 Å². The van der Waals surface area contributed by atoms with Crippen LogP contribution in [0.4, 0.5) is 4.39 Å². The van der Waals surface area contributed by atoms with Crippen LogP contribution < -0.4 is 4.74 Å². The van der Waals surface area contributed by atoms with E-state index in [1.807, 2.05) is 6.07 Å². The van der Waals surface area contributed by atoms with Crippen LogP contribution in [0.5, 0.6) is 5.88 Å². The Morgan fingerprint density at radius 2 is 2.11 bits per heavy atom. The maximum Gasteiger partial charge on any atom is 0.257 e. The smallest absolute Gasteiger partial charge is 0.257 e. The molecule has 3 heterocycles. The SMILES string of the molecule is N#Cc1cc(OC2CC3(C2)O[C@@H]2CC[C@@H](c4ccccc4F)N2C3=O)ncn1. The fraction of sp³-hybridized carbons (Fsp3) is 0.400. The zero-order valence-electron chi connectivity index (χ0n) is 14.9. The molecule has 0 N–H and O–H groups in total. The molecule has 0 bridgehead atoms. The van der Waals surface area contributed by atoms with Crippen molar-refractivity contribution < 1.29 is 18.7 Å². The van der Waals surface area contributed by atoms with Gasteiger partial charge in [0.1, 0.15) is 36.2 Å². The van der Waals surface area contributed by atoms with Gasteiger partial charge in [0.05, 0.1) is 6.04 Å². The Kier molecular flexibility index (Phi) is 3.81. The average molecular weight is 380 g/mol. The number of ether oxygens (including phenoxy) is 2. The zero-order chi connectivity index (χ0) is 19.3. The van der Waals surface area contributed by atoms with Gasteiger partial charge in [-0.25, -0.2) is 14.4 Å². The zero-order valence-corrected chi connectivity index (χ0v) is 14.9. The lowest BCUT2D eigenvalue weighted by atomic mass is 9.76. The number of carbonyl (C=O) groups is 1. The second-order valence-corrected chi connectivity index (χ2v) is 7.40. The molecule has 1 spiro atoms. The first-order valence-corrected chi connectivity index (χ1v) is 9.23. The second-order valence-electron chi connectivity index (χ2n) is 7.40. The van der Waals surface area contributed by atoms with Crippen LogP contribution in [-0.2, 0) is 9.53 Å². The van der Waals surface area contributed by atoms with Gasteiger partial charge in [-0.3, -0.25) is 4.79 Å². The van der Waals surface area contributed by atoms with Gasteiger partial charge in [-0.05, 0) is 18.9 Å². The van der Waals surface area contributed by atoms with E-state index in [1.165, 1.54) is 18.5 Å². The van der Waals surface area contributed by atoms with Gasteiger partial charge in [0, 0.05) is 24.5 Å². The van der Waals surface area contributed by atoms with Crippen molar-refractivity contribution in [3.8, 4) is 11.9 Å². The number of halogens is 1.